The van der Waals surface area contributed by atoms with E-state index in [9.17, 15) is 5.26 Å². The lowest BCUT2D eigenvalue weighted by Crippen LogP contribution is -2.36. The standard InChI is InChI=1S/C22H25N7O/c1-2-15-12-28(20-6-4-16(11-23)22-25-14-26-29(20)22)13-17-3-5-19(27-21(15)17)30-18-7-9-24-10-8-18/h3-6,14-15,18,24H,2,7-10,12-13H2,1H3/t15-/m0/s1. The molecule has 0 unspecified atom stereocenters. The second-order valence-electron chi connectivity index (χ2n) is 7.96. The predicted molar refractivity (Wildman–Crippen MR) is 113 cm³/mol. The molecule has 2 aliphatic rings. The van der Waals surface area contributed by atoms with Crippen LogP contribution in [0, 0.1) is 11.3 Å². The summed E-state index contributed by atoms with van der Waals surface area (Å²) in [5.74, 6) is 1.99. The average Bonchev–Trinajstić information content (AvgIpc) is 3.28. The van der Waals surface area contributed by atoms with E-state index in [0.717, 1.165) is 62.8 Å². The largest absolute Gasteiger partial charge is 0.474 e. The van der Waals surface area contributed by atoms with Crippen LogP contribution in [0.2, 0.25) is 0 Å². The van der Waals surface area contributed by atoms with Gasteiger partial charge < -0.3 is 15.0 Å². The molecule has 3 aromatic heterocycles. The maximum atomic E-state index is 9.34. The first-order chi connectivity index (χ1) is 14.8. The number of ether oxygens (including phenoxy) is 1. The number of anilines is 1. The van der Waals surface area contributed by atoms with Crippen molar-refractivity contribution in [1.82, 2.24) is 24.9 Å². The number of hydrogen-bond donors (Lipinski definition) is 1. The van der Waals surface area contributed by atoms with Crippen LogP contribution in [0.5, 0.6) is 5.88 Å². The molecule has 0 bridgehead atoms. The highest BCUT2D eigenvalue weighted by Crippen LogP contribution is 2.34. The molecular formula is C22H25N7O. The molecule has 3 aromatic rings. The number of piperidine rings is 1. The minimum atomic E-state index is 0.246. The van der Waals surface area contributed by atoms with Gasteiger partial charge in [-0.3, -0.25) is 0 Å². The number of rotatable bonds is 4. The fourth-order valence-electron chi connectivity index (χ4n) is 4.46. The van der Waals surface area contributed by atoms with Gasteiger partial charge in [-0.25, -0.2) is 9.97 Å². The highest BCUT2D eigenvalue weighted by atomic mass is 16.5. The maximum Gasteiger partial charge on any atom is 0.213 e. The molecule has 0 spiro atoms. The summed E-state index contributed by atoms with van der Waals surface area (Å²) in [6, 6.07) is 10.1. The molecule has 0 aliphatic carbocycles. The summed E-state index contributed by atoms with van der Waals surface area (Å²) in [6.07, 6.45) is 4.79. The van der Waals surface area contributed by atoms with Crippen molar-refractivity contribution in [1.29, 1.82) is 5.26 Å². The summed E-state index contributed by atoms with van der Waals surface area (Å²) < 4.78 is 7.94. The Morgan fingerprint density at radius 2 is 2.10 bits per heavy atom. The van der Waals surface area contributed by atoms with E-state index in [0.29, 0.717) is 17.1 Å². The smallest absolute Gasteiger partial charge is 0.213 e. The molecule has 8 heteroatoms. The summed E-state index contributed by atoms with van der Waals surface area (Å²) in [7, 11) is 0. The van der Waals surface area contributed by atoms with Crippen LogP contribution in [0.25, 0.3) is 5.65 Å². The molecule has 0 amide bonds. The first-order valence-corrected chi connectivity index (χ1v) is 10.6. The number of fused-ring (bicyclic) bond motifs is 2. The third-order valence-electron chi connectivity index (χ3n) is 6.09. The second-order valence-corrected chi connectivity index (χ2v) is 7.96. The Balaban J connectivity index is 1.44. The van der Waals surface area contributed by atoms with E-state index in [-0.39, 0.29) is 6.10 Å². The number of aromatic nitrogens is 4. The van der Waals surface area contributed by atoms with Crippen LogP contribution in [0.4, 0.5) is 5.82 Å². The van der Waals surface area contributed by atoms with E-state index >= 15 is 0 Å². The normalized spacial score (nSPS) is 19.5. The van der Waals surface area contributed by atoms with Crippen molar-refractivity contribution in [3.8, 4) is 11.9 Å². The molecule has 0 saturated carbocycles. The lowest BCUT2D eigenvalue weighted by atomic mass is 9.92. The summed E-state index contributed by atoms with van der Waals surface area (Å²) in [5, 5.41) is 17.1. The number of hydrogen-bond acceptors (Lipinski definition) is 7. The Labute approximate surface area is 175 Å². The Bertz CT molecular complexity index is 1100. The van der Waals surface area contributed by atoms with Gasteiger partial charge in [0.05, 0.1) is 11.3 Å². The lowest BCUT2D eigenvalue weighted by molar-refractivity contribution is 0.155. The van der Waals surface area contributed by atoms with E-state index in [1.54, 1.807) is 4.52 Å². The summed E-state index contributed by atoms with van der Waals surface area (Å²) >= 11 is 0. The molecule has 0 radical (unpaired) electrons. The third kappa shape index (κ3) is 3.35. The maximum absolute atomic E-state index is 9.34. The number of pyridine rings is 2. The van der Waals surface area contributed by atoms with Gasteiger partial charge in [0, 0.05) is 25.1 Å². The average molecular weight is 403 g/mol. The van der Waals surface area contributed by atoms with Crippen molar-refractivity contribution in [2.24, 2.45) is 0 Å². The molecule has 8 nitrogen and oxygen atoms in total. The molecule has 30 heavy (non-hydrogen) atoms. The van der Waals surface area contributed by atoms with E-state index in [2.05, 4.69) is 39.4 Å². The number of nitrogens with one attached hydrogen (secondary N) is 1. The van der Waals surface area contributed by atoms with Gasteiger partial charge in [0.25, 0.3) is 0 Å². The van der Waals surface area contributed by atoms with Gasteiger partial charge in [0.1, 0.15) is 24.3 Å². The van der Waals surface area contributed by atoms with Crippen molar-refractivity contribution >= 4 is 11.5 Å². The van der Waals surface area contributed by atoms with Crippen molar-refractivity contribution in [2.75, 3.05) is 24.5 Å². The van der Waals surface area contributed by atoms with E-state index in [1.807, 2.05) is 18.2 Å². The van der Waals surface area contributed by atoms with E-state index in [1.165, 1.54) is 11.9 Å². The molecule has 2 aliphatic heterocycles. The quantitative estimate of drug-likeness (QED) is 0.716. The van der Waals surface area contributed by atoms with Gasteiger partial charge in [0.15, 0.2) is 5.65 Å². The molecule has 1 saturated heterocycles. The summed E-state index contributed by atoms with van der Waals surface area (Å²) in [5.41, 5.74) is 3.48. The predicted octanol–water partition coefficient (Wildman–Crippen LogP) is 2.64. The van der Waals surface area contributed by atoms with Crippen molar-refractivity contribution < 1.29 is 4.74 Å². The van der Waals surface area contributed by atoms with E-state index in [4.69, 9.17) is 9.72 Å². The molecule has 154 valence electrons. The van der Waals surface area contributed by atoms with E-state index < -0.39 is 0 Å². The highest BCUT2D eigenvalue weighted by Gasteiger charge is 2.28. The van der Waals surface area contributed by atoms with Crippen LogP contribution >= 0.6 is 0 Å². The topological polar surface area (TPSA) is 91.4 Å². The number of nitrogens with zero attached hydrogens (tertiary/aromatic N) is 6. The van der Waals surface area contributed by atoms with Crippen molar-refractivity contribution in [3.63, 3.8) is 0 Å². The van der Waals surface area contributed by atoms with Gasteiger partial charge in [-0.2, -0.15) is 14.9 Å². The zero-order valence-corrected chi connectivity index (χ0v) is 17.1. The van der Waals surface area contributed by atoms with Crippen LogP contribution in [0.15, 0.2) is 30.6 Å². The van der Waals surface area contributed by atoms with Gasteiger partial charge >= 0.3 is 0 Å². The third-order valence-corrected chi connectivity index (χ3v) is 6.09. The molecule has 5 heterocycles. The van der Waals surface area contributed by atoms with Gasteiger partial charge in [-0.1, -0.05) is 13.0 Å². The van der Waals surface area contributed by atoms with Crippen LogP contribution in [0.1, 0.15) is 48.9 Å². The first kappa shape index (κ1) is 18.8. The fraction of sp³-hybridized carbons (Fsp3) is 0.455. The summed E-state index contributed by atoms with van der Waals surface area (Å²) in [6.45, 7) is 5.79. The minimum absolute atomic E-state index is 0.246. The zero-order chi connectivity index (χ0) is 20.5. The molecule has 1 fully saturated rings. The monoisotopic (exact) mass is 403 g/mol. The van der Waals surface area contributed by atoms with Gasteiger partial charge in [-0.05, 0) is 50.0 Å². The minimum Gasteiger partial charge on any atom is -0.474 e. The fourth-order valence-corrected chi connectivity index (χ4v) is 4.46. The molecule has 1 N–H and O–H groups in total. The van der Waals surface area contributed by atoms with Crippen LogP contribution < -0.4 is 15.0 Å². The Hall–Kier alpha value is -3.18. The zero-order valence-electron chi connectivity index (χ0n) is 17.1. The SMILES string of the molecule is CC[C@H]1CN(c2ccc(C#N)c3ncnn23)Cc2ccc(OC3CCNCC3)nc21. The van der Waals surface area contributed by atoms with Crippen molar-refractivity contribution in [3.05, 3.63) is 47.4 Å². The van der Waals surface area contributed by atoms with Crippen LogP contribution in [-0.2, 0) is 6.54 Å². The Morgan fingerprint density at radius 3 is 2.90 bits per heavy atom. The first-order valence-electron chi connectivity index (χ1n) is 10.6. The molecule has 0 aromatic carbocycles. The van der Waals surface area contributed by atoms with Gasteiger partial charge in [0.2, 0.25) is 5.88 Å². The molecule has 5 rings (SSSR count). The molecular weight excluding hydrogens is 378 g/mol. The second kappa shape index (κ2) is 7.92. The highest BCUT2D eigenvalue weighted by molar-refractivity contribution is 5.61. The molecule has 1 atom stereocenters. The van der Waals surface area contributed by atoms with Crippen LogP contribution in [0.3, 0.4) is 0 Å². The van der Waals surface area contributed by atoms with Crippen LogP contribution in [-0.4, -0.2) is 45.3 Å². The van der Waals surface area contributed by atoms with Gasteiger partial charge in [-0.15, -0.1) is 0 Å². The summed E-state index contributed by atoms with van der Waals surface area (Å²) in [4.78, 5) is 11.5. The number of nitriles is 1. The Morgan fingerprint density at radius 1 is 1.23 bits per heavy atom. The lowest BCUT2D eigenvalue weighted by Gasteiger charge is -2.35. The van der Waals surface area contributed by atoms with Crippen molar-refractivity contribution in [2.45, 2.75) is 44.8 Å². The Kier molecular flexibility index (Phi) is 4.97.